The Morgan fingerprint density at radius 2 is 1.86 bits per heavy atom. The second kappa shape index (κ2) is 10.8. The quantitative estimate of drug-likeness (QED) is 0.462. The molecule has 5 rings (SSSR count). The SMILES string of the molecule is CCC[C@H](C)Nc1ncc2c(C3CCN(C(=O)c4cc(C)nc(C)c4)C3)cn(C3CCC(O)CC3)c2n1. The Kier molecular flexibility index (Phi) is 7.47. The number of hydrogen-bond donors (Lipinski definition) is 2. The molecule has 8 heteroatoms. The van der Waals surface area contributed by atoms with E-state index in [-0.39, 0.29) is 17.9 Å². The smallest absolute Gasteiger partial charge is 0.254 e. The number of fused-ring (bicyclic) bond motifs is 1. The first-order chi connectivity index (χ1) is 17.8. The number of hydrogen-bond acceptors (Lipinski definition) is 6. The summed E-state index contributed by atoms with van der Waals surface area (Å²) < 4.78 is 2.33. The highest BCUT2D eigenvalue weighted by Gasteiger charge is 2.32. The Labute approximate surface area is 219 Å². The summed E-state index contributed by atoms with van der Waals surface area (Å²) in [6.45, 7) is 9.64. The number of likely N-dealkylation sites (tertiary alicyclic amines) is 1. The molecule has 1 unspecified atom stereocenters. The summed E-state index contributed by atoms with van der Waals surface area (Å²) in [5, 5.41) is 14.6. The lowest BCUT2D eigenvalue weighted by Crippen LogP contribution is -2.28. The van der Waals surface area contributed by atoms with Crippen molar-refractivity contribution in [3.05, 3.63) is 47.0 Å². The highest BCUT2D eigenvalue weighted by molar-refractivity contribution is 5.94. The average molecular weight is 505 g/mol. The third-order valence-electron chi connectivity index (χ3n) is 8.00. The monoisotopic (exact) mass is 504 g/mol. The second-order valence-electron chi connectivity index (χ2n) is 11.1. The summed E-state index contributed by atoms with van der Waals surface area (Å²) in [5.74, 6) is 0.989. The molecule has 198 valence electrons. The predicted molar refractivity (Wildman–Crippen MR) is 146 cm³/mol. The van der Waals surface area contributed by atoms with Gasteiger partial charge in [0.25, 0.3) is 5.91 Å². The molecule has 0 spiro atoms. The number of aliphatic hydroxyl groups excluding tert-OH is 1. The first-order valence-electron chi connectivity index (χ1n) is 13.9. The maximum absolute atomic E-state index is 13.3. The minimum absolute atomic E-state index is 0.0776. The number of amides is 1. The highest BCUT2D eigenvalue weighted by Crippen LogP contribution is 2.38. The van der Waals surface area contributed by atoms with Gasteiger partial charge in [-0.15, -0.1) is 0 Å². The third-order valence-corrected chi connectivity index (χ3v) is 8.00. The molecule has 2 aliphatic rings. The molecule has 37 heavy (non-hydrogen) atoms. The topological polar surface area (TPSA) is 96.2 Å². The summed E-state index contributed by atoms with van der Waals surface area (Å²) in [6.07, 6.45) is 10.7. The average Bonchev–Trinajstić information content (AvgIpc) is 3.49. The van der Waals surface area contributed by atoms with Crippen molar-refractivity contribution in [1.29, 1.82) is 0 Å². The molecule has 3 aromatic rings. The largest absolute Gasteiger partial charge is 0.393 e. The van der Waals surface area contributed by atoms with E-state index in [4.69, 9.17) is 4.98 Å². The number of nitrogens with one attached hydrogen (secondary N) is 1. The molecular weight excluding hydrogens is 464 g/mol. The molecule has 2 fully saturated rings. The Morgan fingerprint density at radius 1 is 1.14 bits per heavy atom. The van der Waals surface area contributed by atoms with Gasteiger partial charge in [0.2, 0.25) is 5.95 Å². The van der Waals surface area contributed by atoms with Gasteiger partial charge in [0.05, 0.1) is 6.10 Å². The van der Waals surface area contributed by atoms with Crippen molar-refractivity contribution in [3.8, 4) is 0 Å². The summed E-state index contributed by atoms with van der Waals surface area (Å²) in [6, 6.07) is 4.39. The van der Waals surface area contributed by atoms with Crippen LogP contribution in [0.15, 0.2) is 24.5 Å². The molecule has 3 aromatic heterocycles. The first kappa shape index (κ1) is 25.6. The number of rotatable bonds is 7. The number of aromatic nitrogens is 4. The summed E-state index contributed by atoms with van der Waals surface area (Å²) in [7, 11) is 0. The minimum atomic E-state index is -0.200. The molecule has 2 N–H and O–H groups in total. The van der Waals surface area contributed by atoms with E-state index in [9.17, 15) is 9.90 Å². The molecule has 1 aliphatic carbocycles. The molecule has 1 aliphatic heterocycles. The molecule has 4 heterocycles. The van der Waals surface area contributed by atoms with Crippen molar-refractivity contribution in [1.82, 2.24) is 24.4 Å². The zero-order chi connectivity index (χ0) is 26.1. The highest BCUT2D eigenvalue weighted by atomic mass is 16.3. The predicted octanol–water partition coefficient (Wildman–Crippen LogP) is 5.15. The van der Waals surface area contributed by atoms with Gasteiger partial charge in [-0.2, -0.15) is 4.98 Å². The fraction of sp³-hybridized carbons (Fsp3) is 0.586. The van der Waals surface area contributed by atoms with E-state index in [1.807, 2.05) is 37.1 Å². The Balaban J connectivity index is 1.44. The molecule has 1 saturated carbocycles. The van der Waals surface area contributed by atoms with E-state index in [2.05, 4.69) is 39.9 Å². The van der Waals surface area contributed by atoms with Crippen LogP contribution in [0.2, 0.25) is 0 Å². The van der Waals surface area contributed by atoms with Crippen LogP contribution in [-0.2, 0) is 0 Å². The number of nitrogens with zero attached hydrogens (tertiary/aromatic N) is 5. The summed E-state index contributed by atoms with van der Waals surface area (Å²) >= 11 is 0. The lowest BCUT2D eigenvalue weighted by atomic mass is 9.93. The zero-order valence-electron chi connectivity index (χ0n) is 22.6. The van der Waals surface area contributed by atoms with Gasteiger partial charge in [-0.1, -0.05) is 13.3 Å². The van der Waals surface area contributed by atoms with Gasteiger partial charge < -0.3 is 19.9 Å². The third kappa shape index (κ3) is 5.49. The van der Waals surface area contributed by atoms with E-state index in [1.165, 1.54) is 5.56 Å². The maximum Gasteiger partial charge on any atom is 0.254 e. The number of pyridine rings is 1. The number of carbonyl (C=O) groups is 1. The van der Waals surface area contributed by atoms with Crippen LogP contribution < -0.4 is 5.32 Å². The van der Waals surface area contributed by atoms with Gasteiger partial charge in [0.1, 0.15) is 5.65 Å². The van der Waals surface area contributed by atoms with E-state index in [1.54, 1.807) is 0 Å². The fourth-order valence-electron chi connectivity index (χ4n) is 6.13. The van der Waals surface area contributed by atoms with Crippen molar-refractivity contribution in [2.75, 3.05) is 18.4 Å². The molecular formula is C29H40N6O2. The van der Waals surface area contributed by atoms with Crippen LogP contribution in [0, 0.1) is 13.8 Å². The number of aryl methyl sites for hydroxylation is 2. The van der Waals surface area contributed by atoms with Crippen LogP contribution in [0.1, 0.15) is 98.1 Å². The van der Waals surface area contributed by atoms with Gasteiger partial charge in [0, 0.05) is 65.8 Å². The normalized spacial score (nSPS) is 22.9. The van der Waals surface area contributed by atoms with Gasteiger partial charge >= 0.3 is 0 Å². The van der Waals surface area contributed by atoms with Crippen LogP contribution in [-0.4, -0.2) is 60.7 Å². The first-order valence-corrected chi connectivity index (χ1v) is 13.9. The van der Waals surface area contributed by atoms with Gasteiger partial charge in [-0.3, -0.25) is 9.78 Å². The zero-order valence-corrected chi connectivity index (χ0v) is 22.6. The number of carbonyl (C=O) groups excluding carboxylic acids is 1. The number of aliphatic hydroxyl groups is 1. The van der Waals surface area contributed by atoms with Crippen LogP contribution in [0.5, 0.6) is 0 Å². The molecule has 8 nitrogen and oxygen atoms in total. The van der Waals surface area contributed by atoms with Crippen molar-refractivity contribution >= 4 is 22.9 Å². The van der Waals surface area contributed by atoms with Gasteiger partial charge in [-0.25, -0.2) is 4.98 Å². The lowest BCUT2D eigenvalue weighted by Gasteiger charge is -2.27. The summed E-state index contributed by atoms with van der Waals surface area (Å²) in [4.78, 5) is 29.4. The Hall–Kier alpha value is -3.00. The molecule has 0 bridgehead atoms. The van der Waals surface area contributed by atoms with Crippen molar-refractivity contribution in [2.45, 2.75) is 96.7 Å². The molecule has 0 radical (unpaired) electrons. The van der Waals surface area contributed by atoms with Crippen molar-refractivity contribution < 1.29 is 9.90 Å². The maximum atomic E-state index is 13.3. The van der Waals surface area contributed by atoms with Crippen molar-refractivity contribution in [3.63, 3.8) is 0 Å². The molecule has 0 aromatic carbocycles. The number of anilines is 1. The Bertz CT molecular complexity index is 1240. The lowest BCUT2D eigenvalue weighted by molar-refractivity contribution is 0.0790. The van der Waals surface area contributed by atoms with E-state index >= 15 is 0 Å². The molecule has 2 atom stereocenters. The standard InChI is InChI=1S/C29H40N6O2/c1-5-6-18(2)32-29-30-15-25-26(17-35(27(25)33-29)23-7-9-24(36)10-8-23)21-11-12-34(16-21)28(37)22-13-19(3)31-20(4)14-22/h13-15,17-18,21,23-24,36H,5-12,16H2,1-4H3,(H,30,32,33)/t18-,21?,23?,24?/m0/s1. The van der Waals surface area contributed by atoms with E-state index in [0.29, 0.717) is 30.1 Å². The minimum Gasteiger partial charge on any atom is -0.393 e. The van der Waals surface area contributed by atoms with Gasteiger partial charge in [-0.05, 0) is 77.0 Å². The van der Waals surface area contributed by atoms with Crippen LogP contribution in [0.4, 0.5) is 5.95 Å². The molecule has 1 saturated heterocycles. The second-order valence-corrected chi connectivity index (χ2v) is 11.1. The van der Waals surface area contributed by atoms with E-state index < -0.39 is 0 Å². The molecule has 1 amide bonds. The summed E-state index contributed by atoms with van der Waals surface area (Å²) in [5.41, 5.74) is 4.65. The van der Waals surface area contributed by atoms with Crippen molar-refractivity contribution in [2.24, 2.45) is 0 Å². The Morgan fingerprint density at radius 3 is 2.57 bits per heavy atom. The van der Waals surface area contributed by atoms with Crippen LogP contribution in [0.3, 0.4) is 0 Å². The fourth-order valence-corrected chi connectivity index (χ4v) is 6.13. The van der Waals surface area contributed by atoms with Gasteiger partial charge in [0.15, 0.2) is 0 Å². The van der Waals surface area contributed by atoms with Crippen LogP contribution >= 0.6 is 0 Å². The van der Waals surface area contributed by atoms with E-state index in [0.717, 1.165) is 73.9 Å². The van der Waals surface area contributed by atoms with Crippen LogP contribution in [0.25, 0.3) is 11.0 Å².